The number of nitrogens with zero attached hydrogens (tertiary/aromatic N) is 4. The molecule has 0 amide bonds. The van der Waals surface area contributed by atoms with Crippen molar-refractivity contribution >= 4 is 11.5 Å². The molecule has 2 atom stereocenters. The minimum absolute atomic E-state index is 0.638. The number of nitrogens with two attached hydrogens (primary N) is 1. The molecule has 6 heteroatoms. The van der Waals surface area contributed by atoms with E-state index in [0.717, 1.165) is 24.6 Å². The van der Waals surface area contributed by atoms with E-state index in [0.29, 0.717) is 11.8 Å². The third-order valence-electron chi connectivity index (χ3n) is 4.12. The van der Waals surface area contributed by atoms with Crippen LogP contribution in [-0.2, 0) is 0 Å². The summed E-state index contributed by atoms with van der Waals surface area (Å²) in [6, 6.07) is 0. The molecule has 2 heterocycles. The number of hydrogen-bond acceptors (Lipinski definition) is 5. The van der Waals surface area contributed by atoms with Crippen LogP contribution in [0.2, 0.25) is 0 Å². The van der Waals surface area contributed by atoms with Crippen LogP contribution in [0.3, 0.4) is 0 Å². The first-order valence-corrected chi connectivity index (χ1v) is 6.97. The largest absolute Gasteiger partial charge is 0.367 e. The van der Waals surface area contributed by atoms with Gasteiger partial charge in [-0.3, -0.25) is 4.40 Å². The van der Waals surface area contributed by atoms with Crippen LogP contribution in [0.25, 0.3) is 5.65 Å². The SMILES string of the molecule is NCC1CCCCC1CNc1nccn2cnnc12. The van der Waals surface area contributed by atoms with Gasteiger partial charge >= 0.3 is 0 Å². The molecule has 2 unspecified atom stereocenters. The van der Waals surface area contributed by atoms with Crippen LogP contribution in [0, 0.1) is 11.8 Å². The maximum absolute atomic E-state index is 5.87. The average Bonchev–Trinajstić information content (AvgIpc) is 2.94. The van der Waals surface area contributed by atoms with Gasteiger partial charge in [-0.1, -0.05) is 12.8 Å². The smallest absolute Gasteiger partial charge is 0.203 e. The summed E-state index contributed by atoms with van der Waals surface area (Å²) in [6.45, 7) is 1.70. The summed E-state index contributed by atoms with van der Waals surface area (Å²) in [5, 5.41) is 11.4. The molecule has 2 aromatic rings. The molecule has 0 aromatic carbocycles. The van der Waals surface area contributed by atoms with Gasteiger partial charge in [0.15, 0.2) is 5.82 Å². The van der Waals surface area contributed by atoms with Gasteiger partial charge in [0.1, 0.15) is 6.33 Å². The van der Waals surface area contributed by atoms with Gasteiger partial charge in [-0.25, -0.2) is 4.98 Å². The lowest BCUT2D eigenvalue weighted by atomic mass is 9.79. The van der Waals surface area contributed by atoms with Crippen molar-refractivity contribution in [3.63, 3.8) is 0 Å². The molecule has 19 heavy (non-hydrogen) atoms. The molecule has 0 aliphatic heterocycles. The highest BCUT2D eigenvalue weighted by atomic mass is 15.2. The lowest BCUT2D eigenvalue weighted by molar-refractivity contribution is 0.255. The van der Waals surface area contributed by atoms with Gasteiger partial charge in [0, 0.05) is 18.9 Å². The lowest BCUT2D eigenvalue weighted by Gasteiger charge is -2.30. The summed E-state index contributed by atoms with van der Waals surface area (Å²) < 4.78 is 1.87. The highest BCUT2D eigenvalue weighted by molar-refractivity contribution is 5.61. The van der Waals surface area contributed by atoms with Crippen LogP contribution in [0.1, 0.15) is 25.7 Å². The minimum atomic E-state index is 0.638. The Morgan fingerprint density at radius 3 is 3.00 bits per heavy atom. The van der Waals surface area contributed by atoms with E-state index in [-0.39, 0.29) is 0 Å². The standard InChI is InChI=1S/C13H20N6/c14-7-10-3-1-2-4-11(10)8-16-12-13-18-17-9-19(13)6-5-15-12/h5-6,9-11H,1-4,7-8,14H2,(H,15,16). The lowest BCUT2D eigenvalue weighted by Crippen LogP contribution is -2.31. The van der Waals surface area contributed by atoms with Crippen molar-refractivity contribution in [2.75, 3.05) is 18.4 Å². The first-order valence-electron chi connectivity index (χ1n) is 6.97. The number of hydrogen-bond donors (Lipinski definition) is 2. The van der Waals surface area contributed by atoms with Crippen LogP contribution in [0.15, 0.2) is 18.7 Å². The quantitative estimate of drug-likeness (QED) is 0.866. The molecule has 1 saturated carbocycles. The normalized spacial score (nSPS) is 23.6. The Hall–Kier alpha value is -1.69. The minimum Gasteiger partial charge on any atom is -0.367 e. The third-order valence-corrected chi connectivity index (χ3v) is 4.12. The molecule has 3 rings (SSSR count). The fourth-order valence-corrected chi connectivity index (χ4v) is 2.97. The van der Waals surface area contributed by atoms with E-state index in [4.69, 9.17) is 5.73 Å². The Balaban J connectivity index is 1.69. The van der Waals surface area contributed by atoms with Crippen LogP contribution < -0.4 is 11.1 Å². The Morgan fingerprint density at radius 2 is 2.16 bits per heavy atom. The van der Waals surface area contributed by atoms with Crippen molar-refractivity contribution < 1.29 is 0 Å². The zero-order valence-corrected chi connectivity index (χ0v) is 11.0. The Labute approximate surface area is 112 Å². The highest BCUT2D eigenvalue weighted by Crippen LogP contribution is 2.29. The van der Waals surface area contributed by atoms with Gasteiger partial charge in [-0.05, 0) is 31.2 Å². The molecule has 6 nitrogen and oxygen atoms in total. The summed E-state index contributed by atoms with van der Waals surface area (Å²) in [7, 11) is 0. The second-order valence-corrected chi connectivity index (χ2v) is 5.26. The van der Waals surface area contributed by atoms with Crippen molar-refractivity contribution in [3.8, 4) is 0 Å². The van der Waals surface area contributed by atoms with Gasteiger partial charge in [-0.2, -0.15) is 0 Å². The Bertz CT molecular complexity index is 537. The predicted molar refractivity (Wildman–Crippen MR) is 73.8 cm³/mol. The van der Waals surface area contributed by atoms with Gasteiger partial charge in [0.25, 0.3) is 0 Å². The average molecular weight is 260 g/mol. The molecule has 102 valence electrons. The Kier molecular flexibility index (Phi) is 3.59. The molecule has 1 fully saturated rings. The fourth-order valence-electron chi connectivity index (χ4n) is 2.97. The molecular formula is C13H20N6. The zero-order chi connectivity index (χ0) is 13.1. The van der Waals surface area contributed by atoms with Crippen molar-refractivity contribution in [3.05, 3.63) is 18.7 Å². The van der Waals surface area contributed by atoms with Crippen molar-refractivity contribution in [2.45, 2.75) is 25.7 Å². The first kappa shape index (κ1) is 12.3. The monoisotopic (exact) mass is 260 g/mol. The highest BCUT2D eigenvalue weighted by Gasteiger charge is 2.23. The van der Waals surface area contributed by atoms with Crippen LogP contribution in [0.4, 0.5) is 5.82 Å². The second kappa shape index (κ2) is 5.52. The summed E-state index contributed by atoms with van der Waals surface area (Å²) in [4.78, 5) is 4.35. The van der Waals surface area contributed by atoms with Crippen molar-refractivity contribution in [2.24, 2.45) is 17.6 Å². The van der Waals surface area contributed by atoms with E-state index in [1.54, 1.807) is 12.5 Å². The molecule has 1 aliphatic carbocycles. The van der Waals surface area contributed by atoms with E-state index in [1.807, 2.05) is 10.6 Å². The molecule has 0 bridgehead atoms. The second-order valence-electron chi connectivity index (χ2n) is 5.26. The molecular weight excluding hydrogens is 240 g/mol. The number of fused-ring (bicyclic) bond motifs is 1. The third kappa shape index (κ3) is 2.53. The Morgan fingerprint density at radius 1 is 1.32 bits per heavy atom. The maximum Gasteiger partial charge on any atom is 0.203 e. The number of anilines is 1. The van der Waals surface area contributed by atoms with Crippen LogP contribution >= 0.6 is 0 Å². The topological polar surface area (TPSA) is 81.1 Å². The number of aromatic nitrogens is 4. The molecule has 0 spiro atoms. The van der Waals surface area contributed by atoms with Crippen LogP contribution in [-0.4, -0.2) is 32.7 Å². The zero-order valence-electron chi connectivity index (χ0n) is 11.0. The summed E-state index contributed by atoms with van der Waals surface area (Å²) in [5.74, 6) is 2.09. The first-order chi connectivity index (χ1) is 9.38. The predicted octanol–water partition coefficient (Wildman–Crippen LogP) is 1.30. The van der Waals surface area contributed by atoms with E-state index in [9.17, 15) is 0 Å². The van der Waals surface area contributed by atoms with Crippen LogP contribution in [0.5, 0.6) is 0 Å². The van der Waals surface area contributed by atoms with Gasteiger partial charge < -0.3 is 11.1 Å². The molecule has 0 saturated heterocycles. The van der Waals surface area contributed by atoms with Crippen molar-refractivity contribution in [1.82, 2.24) is 19.6 Å². The van der Waals surface area contributed by atoms with E-state index in [1.165, 1.54) is 25.7 Å². The molecule has 3 N–H and O–H groups in total. The molecule has 2 aromatic heterocycles. The van der Waals surface area contributed by atoms with E-state index in [2.05, 4.69) is 20.5 Å². The van der Waals surface area contributed by atoms with Crippen molar-refractivity contribution in [1.29, 1.82) is 0 Å². The maximum atomic E-state index is 5.87. The fraction of sp³-hybridized carbons (Fsp3) is 0.615. The summed E-state index contributed by atoms with van der Waals surface area (Å²) in [5.41, 5.74) is 6.65. The number of rotatable bonds is 4. The van der Waals surface area contributed by atoms with E-state index < -0.39 is 0 Å². The summed E-state index contributed by atoms with van der Waals surface area (Å²) in [6.07, 6.45) is 10.4. The number of nitrogens with one attached hydrogen (secondary N) is 1. The van der Waals surface area contributed by atoms with Gasteiger partial charge in [0.2, 0.25) is 5.65 Å². The molecule has 1 aliphatic rings. The van der Waals surface area contributed by atoms with Gasteiger partial charge in [-0.15, -0.1) is 10.2 Å². The molecule has 0 radical (unpaired) electrons. The van der Waals surface area contributed by atoms with E-state index >= 15 is 0 Å². The van der Waals surface area contributed by atoms with Gasteiger partial charge in [0.05, 0.1) is 0 Å². The summed E-state index contributed by atoms with van der Waals surface area (Å²) >= 11 is 0.